The quantitative estimate of drug-likeness (QED) is 0.685. The molecule has 0 radical (unpaired) electrons. The van der Waals surface area contributed by atoms with Crippen molar-refractivity contribution in [1.82, 2.24) is 24.1 Å². The van der Waals surface area contributed by atoms with Crippen LogP contribution in [0.2, 0.25) is 0 Å². The van der Waals surface area contributed by atoms with Gasteiger partial charge in [0.15, 0.2) is 0 Å². The van der Waals surface area contributed by atoms with E-state index in [1.54, 1.807) is 6.20 Å². The predicted molar refractivity (Wildman–Crippen MR) is 76.0 cm³/mol. The van der Waals surface area contributed by atoms with Crippen LogP contribution < -0.4 is 4.72 Å². The highest BCUT2D eigenvalue weighted by molar-refractivity contribution is 7.89. The first-order valence-electron chi connectivity index (χ1n) is 6.62. The van der Waals surface area contributed by atoms with Crippen LogP contribution in [0, 0.1) is 0 Å². The molecule has 0 unspecified atom stereocenters. The molecule has 0 aliphatic rings. The fraction of sp³-hybridized carbons (Fsp3) is 0.500. The number of hydrogen-bond donors (Lipinski definition) is 2. The lowest BCUT2D eigenvalue weighted by molar-refractivity contribution is 0.277. The molecule has 2 aromatic heterocycles. The van der Waals surface area contributed by atoms with Crippen LogP contribution in [0.1, 0.15) is 12.2 Å². The minimum atomic E-state index is -3.56. The molecule has 2 aromatic rings. The summed E-state index contributed by atoms with van der Waals surface area (Å²) < 4.78 is 30.1. The first-order chi connectivity index (χ1) is 10.0. The average Bonchev–Trinajstić information content (AvgIpc) is 3.06. The van der Waals surface area contributed by atoms with E-state index in [2.05, 4.69) is 14.8 Å². The lowest BCUT2D eigenvalue weighted by Crippen LogP contribution is -2.26. The molecule has 0 fully saturated rings. The number of aliphatic hydroxyl groups excluding tert-OH is 1. The van der Waals surface area contributed by atoms with E-state index < -0.39 is 10.0 Å². The average molecular weight is 313 g/mol. The van der Waals surface area contributed by atoms with Gasteiger partial charge in [-0.3, -0.25) is 4.68 Å². The number of hydrogen-bond acceptors (Lipinski definition) is 5. The molecular weight excluding hydrogens is 294 g/mol. The van der Waals surface area contributed by atoms with E-state index in [1.165, 1.54) is 17.1 Å². The molecule has 0 spiro atoms. The Morgan fingerprint density at radius 3 is 2.90 bits per heavy atom. The molecule has 0 atom stereocenters. The Kier molecular flexibility index (Phi) is 5.10. The number of aryl methyl sites for hydroxylation is 2. The van der Waals surface area contributed by atoms with Gasteiger partial charge in [-0.15, -0.1) is 0 Å². The molecule has 0 saturated heterocycles. The molecule has 2 rings (SSSR count). The maximum Gasteiger partial charge on any atom is 0.243 e. The summed E-state index contributed by atoms with van der Waals surface area (Å²) >= 11 is 0. The third kappa shape index (κ3) is 4.13. The molecule has 0 bridgehead atoms. The van der Waals surface area contributed by atoms with E-state index in [4.69, 9.17) is 5.11 Å². The zero-order chi connectivity index (χ0) is 15.3. The van der Waals surface area contributed by atoms with Crippen LogP contribution in [0.25, 0.3) is 0 Å². The number of rotatable bonds is 8. The smallest absolute Gasteiger partial charge is 0.243 e. The molecule has 0 amide bonds. The second-order valence-corrected chi connectivity index (χ2v) is 6.39. The Hall–Kier alpha value is -1.71. The fourth-order valence-corrected chi connectivity index (χ4v) is 2.84. The first-order valence-corrected chi connectivity index (χ1v) is 8.10. The van der Waals surface area contributed by atoms with Crippen molar-refractivity contribution >= 4 is 10.0 Å². The molecule has 0 saturated carbocycles. The van der Waals surface area contributed by atoms with Crippen molar-refractivity contribution in [2.75, 3.05) is 13.2 Å². The van der Waals surface area contributed by atoms with Gasteiger partial charge in [-0.1, -0.05) is 0 Å². The summed E-state index contributed by atoms with van der Waals surface area (Å²) in [5.74, 6) is 0.816. The van der Waals surface area contributed by atoms with Crippen molar-refractivity contribution in [3.63, 3.8) is 0 Å². The van der Waals surface area contributed by atoms with Crippen LogP contribution in [0.5, 0.6) is 0 Å². The first kappa shape index (κ1) is 15.7. The van der Waals surface area contributed by atoms with E-state index in [9.17, 15) is 8.42 Å². The molecule has 2 N–H and O–H groups in total. The predicted octanol–water partition coefficient (Wildman–Crippen LogP) is -0.480. The number of imidazole rings is 1. The molecule has 2 heterocycles. The number of nitrogens with one attached hydrogen (secondary N) is 1. The number of aliphatic hydroxyl groups is 1. The van der Waals surface area contributed by atoms with E-state index >= 15 is 0 Å². The van der Waals surface area contributed by atoms with E-state index in [0.717, 1.165) is 5.82 Å². The van der Waals surface area contributed by atoms with Crippen LogP contribution in [0.3, 0.4) is 0 Å². The summed E-state index contributed by atoms with van der Waals surface area (Å²) in [6, 6.07) is 0. The van der Waals surface area contributed by atoms with Gasteiger partial charge in [-0.2, -0.15) is 5.10 Å². The van der Waals surface area contributed by atoms with Gasteiger partial charge in [0.05, 0.1) is 6.20 Å². The molecule has 0 aliphatic heterocycles. The highest BCUT2D eigenvalue weighted by Gasteiger charge is 2.16. The molecule has 9 heteroatoms. The lowest BCUT2D eigenvalue weighted by Gasteiger charge is -2.05. The van der Waals surface area contributed by atoms with Crippen LogP contribution in [-0.4, -0.2) is 46.0 Å². The fourth-order valence-electron chi connectivity index (χ4n) is 1.86. The zero-order valence-corrected chi connectivity index (χ0v) is 12.6. The molecule has 21 heavy (non-hydrogen) atoms. The van der Waals surface area contributed by atoms with Gasteiger partial charge in [0.2, 0.25) is 10.0 Å². The largest absolute Gasteiger partial charge is 0.396 e. The van der Waals surface area contributed by atoms with Crippen molar-refractivity contribution in [3.05, 3.63) is 30.6 Å². The van der Waals surface area contributed by atoms with E-state index in [-0.39, 0.29) is 18.0 Å². The second kappa shape index (κ2) is 6.83. The Morgan fingerprint density at radius 2 is 2.24 bits per heavy atom. The SMILES string of the molecule is Cn1ccnc1CCNS(=O)(=O)c1cnn(CCCO)c1. The summed E-state index contributed by atoms with van der Waals surface area (Å²) in [6.45, 7) is 0.804. The highest BCUT2D eigenvalue weighted by atomic mass is 32.2. The summed E-state index contributed by atoms with van der Waals surface area (Å²) in [6.07, 6.45) is 7.30. The van der Waals surface area contributed by atoms with Crippen molar-refractivity contribution in [3.8, 4) is 0 Å². The van der Waals surface area contributed by atoms with Crippen molar-refractivity contribution < 1.29 is 13.5 Å². The van der Waals surface area contributed by atoms with Gasteiger partial charge in [0.25, 0.3) is 0 Å². The van der Waals surface area contributed by atoms with Gasteiger partial charge in [0.1, 0.15) is 10.7 Å². The topological polar surface area (TPSA) is 102 Å². The molecule has 116 valence electrons. The Morgan fingerprint density at radius 1 is 1.43 bits per heavy atom. The number of aromatic nitrogens is 4. The standard InChI is InChI=1S/C12H19N5O3S/c1-16-7-5-13-12(16)3-4-15-21(19,20)11-9-14-17(10-11)6-2-8-18/h5,7,9-10,15,18H,2-4,6,8H2,1H3. The third-order valence-corrected chi connectivity index (χ3v) is 4.44. The maximum absolute atomic E-state index is 12.1. The summed E-state index contributed by atoms with van der Waals surface area (Å²) in [7, 11) is -1.70. The van der Waals surface area contributed by atoms with Crippen molar-refractivity contribution in [1.29, 1.82) is 0 Å². The van der Waals surface area contributed by atoms with Crippen LogP contribution >= 0.6 is 0 Å². The zero-order valence-electron chi connectivity index (χ0n) is 11.8. The van der Waals surface area contributed by atoms with Crippen LogP contribution in [0.15, 0.2) is 29.7 Å². The summed E-state index contributed by atoms with van der Waals surface area (Å²) in [5, 5.41) is 12.7. The van der Waals surface area contributed by atoms with Gasteiger partial charge in [-0.25, -0.2) is 18.1 Å². The normalized spacial score (nSPS) is 11.9. The number of nitrogens with zero attached hydrogens (tertiary/aromatic N) is 4. The van der Waals surface area contributed by atoms with Gasteiger partial charge >= 0.3 is 0 Å². The van der Waals surface area contributed by atoms with Crippen molar-refractivity contribution in [2.24, 2.45) is 7.05 Å². The third-order valence-electron chi connectivity index (χ3n) is 3.03. The summed E-state index contributed by atoms with van der Waals surface area (Å²) in [4.78, 5) is 4.26. The monoisotopic (exact) mass is 313 g/mol. The Labute approximate surface area is 123 Å². The van der Waals surface area contributed by atoms with E-state index in [0.29, 0.717) is 19.4 Å². The molecular formula is C12H19N5O3S. The van der Waals surface area contributed by atoms with Crippen LogP contribution in [-0.2, 0) is 30.0 Å². The number of sulfonamides is 1. The minimum absolute atomic E-state index is 0.0455. The maximum atomic E-state index is 12.1. The molecule has 0 aromatic carbocycles. The molecule has 8 nitrogen and oxygen atoms in total. The Bertz CT molecular complexity index is 677. The summed E-state index contributed by atoms with van der Waals surface area (Å²) in [5.41, 5.74) is 0. The minimum Gasteiger partial charge on any atom is -0.396 e. The Balaban J connectivity index is 1.92. The highest BCUT2D eigenvalue weighted by Crippen LogP contribution is 2.07. The van der Waals surface area contributed by atoms with E-state index in [1.807, 2.05) is 17.8 Å². The second-order valence-electron chi connectivity index (χ2n) is 4.62. The van der Waals surface area contributed by atoms with Gasteiger partial charge in [-0.05, 0) is 6.42 Å². The van der Waals surface area contributed by atoms with Gasteiger partial charge in [0, 0.05) is 51.8 Å². The molecule has 0 aliphatic carbocycles. The van der Waals surface area contributed by atoms with Gasteiger partial charge < -0.3 is 9.67 Å². The lowest BCUT2D eigenvalue weighted by atomic mass is 10.4. The van der Waals surface area contributed by atoms with Crippen molar-refractivity contribution in [2.45, 2.75) is 24.3 Å². The van der Waals surface area contributed by atoms with Crippen LogP contribution in [0.4, 0.5) is 0 Å².